The van der Waals surface area contributed by atoms with Crippen molar-refractivity contribution in [3.05, 3.63) is 58.7 Å². The van der Waals surface area contributed by atoms with Crippen molar-refractivity contribution in [1.82, 2.24) is 0 Å². The summed E-state index contributed by atoms with van der Waals surface area (Å²) in [5, 5.41) is 21.2. The first-order valence-electron chi connectivity index (χ1n) is 9.97. The standard InChI is InChI=1S/C24H28O6/c1-6-7-15-14(4)11-19(26)22-17(15)12-29-24(27)21-20(30-22)9-8-16(23(21)28-5)18(25)10-13(2)3/h6,8-9,11,13,18,25-26H,1,7,10,12H2,2-5H3/t18-/m0/s1. The number of hydrogen-bond donors (Lipinski definition) is 2. The fourth-order valence-electron chi connectivity index (χ4n) is 3.82. The first-order valence-corrected chi connectivity index (χ1v) is 9.97. The summed E-state index contributed by atoms with van der Waals surface area (Å²) in [6.07, 6.45) is 2.01. The van der Waals surface area contributed by atoms with E-state index in [1.807, 2.05) is 20.8 Å². The fourth-order valence-corrected chi connectivity index (χ4v) is 3.82. The number of rotatable bonds is 6. The van der Waals surface area contributed by atoms with E-state index in [-0.39, 0.29) is 41.1 Å². The molecular formula is C24H28O6. The summed E-state index contributed by atoms with van der Waals surface area (Å²) in [5.41, 5.74) is 2.94. The second kappa shape index (κ2) is 8.79. The van der Waals surface area contributed by atoms with Gasteiger partial charge in [-0.05, 0) is 55.0 Å². The van der Waals surface area contributed by atoms with E-state index in [0.717, 1.165) is 11.1 Å². The van der Waals surface area contributed by atoms with Gasteiger partial charge in [-0.3, -0.25) is 0 Å². The molecule has 2 aromatic rings. The number of ether oxygens (including phenoxy) is 3. The number of benzene rings is 2. The summed E-state index contributed by atoms with van der Waals surface area (Å²) >= 11 is 0. The molecule has 30 heavy (non-hydrogen) atoms. The average Bonchev–Trinajstić information content (AvgIpc) is 2.68. The topological polar surface area (TPSA) is 85.2 Å². The Balaban J connectivity index is 2.17. The number of carbonyl (C=O) groups is 1. The van der Waals surface area contributed by atoms with Gasteiger partial charge in [-0.2, -0.15) is 0 Å². The molecule has 2 aromatic carbocycles. The molecule has 0 saturated carbocycles. The lowest BCUT2D eigenvalue weighted by Gasteiger charge is -2.25. The molecule has 0 saturated heterocycles. The molecule has 160 valence electrons. The van der Waals surface area contributed by atoms with Crippen molar-refractivity contribution in [1.29, 1.82) is 0 Å². The van der Waals surface area contributed by atoms with Crippen LogP contribution in [0.15, 0.2) is 30.9 Å². The van der Waals surface area contributed by atoms with Gasteiger partial charge in [-0.25, -0.2) is 4.79 Å². The second-order valence-electron chi connectivity index (χ2n) is 7.88. The first-order chi connectivity index (χ1) is 14.3. The molecule has 6 nitrogen and oxygen atoms in total. The van der Waals surface area contributed by atoms with Crippen molar-refractivity contribution in [3.63, 3.8) is 0 Å². The van der Waals surface area contributed by atoms with Crippen LogP contribution in [-0.4, -0.2) is 23.3 Å². The zero-order chi connectivity index (χ0) is 22.0. The highest BCUT2D eigenvalue weighted by Crippen LogP contribution is 2.45. The summed E-state index contributed by atoms with van der Waals surface area (Å²) in [5.74, 6) is 0.252. The van der Waals surface area contributed by atoms with Crippen LogP contribution in [0, 0.1) is 12.8 Å². The maximum Gasteiger partial charge on any atom is 0.346 e. The van der Waals surface area contributed by atoms with E-state index in [4.69, 9.17) is 14.2 Å². The predicted octanol–water partition coefficient (Wildman–Crippen LogP) is 4.98. The highest BCUT2D eigenvalue weighted by Gasteiger charge is 2.30. The number of esters is 1. The van der Waals surface area contributed by atoms with Crippen LogP contribution in [-0.2, 0) is 17.8 Å². The number of carbonyl (C=O) groups excluding carboxylic acids is 1. The molecule has 0 aliphatic carbocycles. The monoisotopic (exact) mass is 412 g/mol. The van der Waals surface area contributed by atoms with Crippen molar-refractivity contribution in [3.8, 4) is 23.0 Å². The van der Waals surface area contributed by atoms with Crippen LogP contribution < -0.4 is 9.47 Å². The fraction of sp³-hybridized carbons (Fsp3) is 0.375. The molecule has 0 spiro atoms. The van der Waals surface area contributed by atoms with E-state index in [0.29, 0.717) is 24.0 Å². The van der Waals surface area contributed by atoms with Gasteiger partial charge >= 0.3 is 5.97 Å². The highest BCUT2D eigenvalue weighted by molar-refractivity contribution is 5.96. The molecule has 2 N–H and O–H groups in total. The zero-order valence-electron chi connectivity index (χ0n) is 17.8. The number of cyclic esters (lactones) is 1. The van der Waals surface area contributed by atoms with Gasteiger partial charge in [0.25, 0.3) is 0 Å². The maximum absolute atomic E-state index is 12.9. The molecule has 0 aromatic heterocycles. The third kappa shape index (κ3) is 4.00. The Morgan fingerprint density at radius 2 is 2.07 bits per heavy atom. The molecule has 0 amide bonds. The van der Waals surface area contributed by atoms with Crippen LogP contribution in [0.2, 0.25) is 0 Å². The van der Waals surface area contributed by atoms with Crippen molar-refractivity contribution in [2.75, 3.05) is 7.11 Å². The predicted molar refractivity (Wildman–Crippen MR) is 113 cm³/mol. The molecule has 3 rings (SSSR count). The van der Waals surface area contributed by atoms with E-state index in [1.54, 1.807) is 24.3 Å². The Morgan fingerprint density at radius 1 is 1.33 bits per heavy atom. The third-order valence-electron chi connectivity index (χ3n) is 5.22. The van der Waals surface area contributed by atoms with Gasteiger partial charge in [0.2, 0.25) is 0 Å². The highest BCUT2D eigenvalue weighted by atomic mass is 16.5. The molecule has 1 aliphatic heterocycles. The zero-order valence-corrected chi connectivity index (χ0v) is 17.8. The molecule has 1 atom stereocenters. The summed E-state index contributed by atoms with van der Waals surface area (Å²) in [7, 11) is 1.43. The molecule has 1 aliphatic rings. The van der Waals surface area contributed by atoms with E-state index in [1.165, 1.54) is 7.11 Å². The number of methoxy groups -OCH3 is 1. The van der Waals surface area contributed by atoms with E-state index < -0.39 is 12.1 Å². The Morgan fingerprint density at radius 3 is 2.70 bits per heavy atom. The van der Waals surface area contributed by atoms with E-state index >= 15 is 0 Å². The van der Waals surface area contributed by atoms with Gasteiger partial charge in [0, 0.05) is 11.1 Å². The van der Waals surface area contributed by atoms with Gasteiger partial charge < -0.3 is 24.4 Å². The van der Waals surface area contributed by atoms with Crippen LogP contribution in [0.1, 0.15) is 59.0 Å². The lowest BCUT2D eigenvalue weighted by Crippen LogP contribution is -2.16. The maximum atomic E-state index is 12.9. The minimum absolute atomic E-state index is 0.0397. The molecule has 0 radical (unpaired) electrons. The Kier molecular flexibility index (Phi) is 6.37. The number of aliphatic hydroxyl groups excluding tert-OH is 1. The van der Waals surface area contributed by atoms with Crippen molar-refractivity contribution in [2.24, 2.45) is 5.92 Å². The summed E-state index contributed by atoms with van der Waals surface area (Å²) in [6.45, 7) is 9.60. The smallest absolute Gasteiger partial charge is 0.346 e. The van der Waals surface area contributed by atoms with Gasteiger partial charge in [0.05, 0.1) is 13.2 Å². The van der Waals surface area contributed by atoms with Crippen molar-refractivity contribution in [2.45, 2.75) is 46.3 Å². The molecule has 0 bridgehead atoms. The van der Waals surface area contributed by atoms with Crippen LogP contribution in [0.4, 0.5) is 0 Å². The molecular weight excluding hydrogens is 384 g/mol. The van der Waals surface area contributed by atoms with E-state index in [2.05, 4.69) is 6.58 Å². The summed E-state index contributed by atoms with van der Waals surface area (Å²) in [6, 6.07) is 4.90. The molecule has 0 fully saturated rings. The summed E-state index contributed by atoms with van der Waals surface area (Å²) < 4.78 is 17.1. The SMILES string of the molecule is C=CCc1c(C)cc(O)c2c1COC(=O)c1c(ccc([C@@H](O)CC(C)C)c1OC)O2. The summed E-state index contributed by atoms with van der Waals surface area (Å²) in [4.78, 5) is 12.9. The molecule has 6 heteroatoms. The average molecular weight is 412 g/mol. The number of aromatic hydroxyl groups is 1. The van der Waals surface area contributed by atoms with Crippen LogP contribution in [0.25, 0.3) is 0 Å². The minimum Gasteiger partial charge on any atom is -0.504 e. The lowest BCUT2D eigenvalue weighted by molar-refractivity contribution is 0.0453. The molecule has 1 heterocycles. The van der Waals surface area contributed by atoms with E-state index in [9.17, 15) is 15.0 Å². The van der Waals surface area contributed by atoms with Gasteiger partial charge in [0.15, 0.2) is 11.5 Å². The minimum atomic E-state index is -0.800. The van der Waals surface area contributed by atoms with Crippen LogP contribution >= 0.6 is 0 Å². The quantitative estimate of drug-likeness (QED) is 0.514. The van der Waals surface area contributed by atoms with Crippen molar-refractivity contribution >= 4 is 5.97 Å². The Hall–Kier alpha value is -2.99. The number of hydrogen-bond acceptors (Lipinski definition) is 6. The largest absolute Gasteiger partial charge is 0.504 e. The Labute approximate surface area is 176 Å². The van der Waals surface area contributed by atoms with Gasteiger partial charge in [-0.1, -0.05) is 19.9 Å². The second-order valence-corrected chi connectivity index (χ2v) is 7.88. The number of fused-ring (bicyclic) bond motifs is 2. The third-order valence-corrected chi connectivity index (χ3v) is 5.22. The molecule has 0 unspecified atom stereocenters. The van der Waals surface area contributed by atoms with Gasteiger partial charge in [0.1, 0.15) is 23.7 Å². The number of allylic oxidation sites excluding steroid dienone is 1. The number of phenols is 1. The Bertz CT molecular complexity index is 976. The van der Waals surface area contributed by atoms with Crippen LogP contribution in [0.5, 0.6) is 23.0 Å². The number of aryl methyl sites for hydroxylation is 1. The van der Waals surface area contributed by atoms with Crippen LogP contribution in [0.3, 0.4) is 0 Å². The number of phenolic OH excluding ortho intramolecular Hbond substituents is 1. The first kappa shape index (κ1) is 21.7. The normalized spacial score (nSPS) is 14.0. The lowest BCUT2D eigenvalue weighted by atomic mass is 9.95. The number of aliphatic hydroxyl groups is 1. The van der Waals surface area contributed by atoms with Crippen molar-refractivity contribution < 1.29 is 29.2 Å². The van der Waals surface area contributed by atoms with Gasteiger partial charge in [-0.15, -0.1) is 6.58 Å².